The minimum atomic E-state index is -4.81. The third kappa shape index (κ3) is 3.62. The molecule has 0 saturated carbocycles. The minimum absolute atomic E-state index is 0.371. The first-order valence-corrected chi connectivity index (χ1v) is 6.83. The Labute approximate surface area is 117 Å². The predicted octanol–water partition coefficient (Wildman–Crippen LogP) is 2.06. The second-order valence-corrected chi connectivity index (χ2v) is 6.25. The van der Waals surface area contributed by atoms with Crippen molar-refractivity contribution in [3.05, 3.63) is 28.8 Å². The molecule has 0 heterocycles. The molecule has 112 valence electrons. The lowest BCUT2D eigenvalue weighted by atomic mass is 10.2. The van der Waals surface area contributed by atoms with Gasteiger partial charge in [0.25, 0.3) is 0 Å². The van der Waals surface area contributed by atoms with Gasteiger partial charge in [-0.1, -0.05) is 11.6 Å². The monoisotopic (exact) mass is 331 g/mol. The molecule has 1 rings (SSSR count). The number of halogens is 4. The Kier molecular flexibility index (Phi) is 4.67. The lowest BCUT2D eigenvalue weighted by Gasteiger charge is -2.16. The zero-order valence-corrected chi connectivity index (χ0v) is 11.6. The highest BCUT2D eigenvalue weighted by molar-refractivity contribution is 7.89. The fourth-order valence-electron chi connectivity index (χ4n) is 1.34. The number of carboxylic acids is 1. The summed E-state index contributed by atoms with van der Waals surface area (Å²) in [5.74, 6) is -1.43. The molecule has 10 heteroatoms. The van der Waals surface area contributed by atoms with Crippen LogP contribution in [0.1, 0.15) is 5.56 Å². The van der Waals surface area contributed by atoms with Gasteiger partial charge in [-0.25, -0.2) is 8.42 Å². The van der Waals surface area contributed by atoms with Gasteiger partial charge in [0.1, 0.15) is 6.54 Å². The molecule has 0 aromatic heterocycles. The van der Waals surface area contributed by atoms with Gasteiger partial charge in [0.2, 0.25) is 10.0 Å². The van der Waals surface area contributed by atoms with Crippen LogP contribution in [-0.2, 0) is 21.0 Å². The number of carboxylic acid groups (broad SMARTS) is 1. The fraction of sp³-hybridized carbons (Fsp3) is 0.300. The van der Waals surface area contributed by atoms with Gasteiger partial charge in [0.05, 0.1) is 15.5 Å². The highest BCUT2D eigenvalue weighted by Crippen LogP contribution is 2.36. The average Bonchev–Trinajstić information content (AvgIpc) is 2.26. The smallest absolute Gasteiger partial charge is 0.417 e. The summed E-state index contributed by atoms with van der Waals surface area (Å²) in [6.07, 6.45) is -4.81. The Morgan fingerprint density at radius 1 is 1.40 bits per heavy atom. The van der Waals surface area contributed by atoms with E-state index in [1.165, 1.54) is 0 Å². The summed E-state index contributed by atoms with van der Waals surface area (Å²) >= 11 is 5.37. The van der Waals surface area contributed by atoms with E-state index >= 15 is 0 Å². The van der Waals surface area contributed by atoms with Crippen LogP contribution in [0.2, 0.25) is 5.02 Å². The largest absolute Gasteiger partial charge is 0.480 e. The molecule has 0 aliphatic rings. The van der Waals surface area contributed by atoms with E-state index in [9.17, 15) is 26.4 Å². The van der Waals surface area contributed by atoms with E-state index in [1.54, 1.807) is 0 Å². The highest BCUT2D eigenvalue weighted by Gasteiger charge is 2.35. The summed E-state index contributed by atoms with van der Waals surface area (Å²) in [4.78, 5) is 9.78. The quantitative estimate of drug-likeness (QED) is 0.916. The Balaban J connectivity index is 3.31. The number of hydrogen-bond acceptors (Lipinski definition) is 3. The van der Waals surface area contributed by atoms with Crippen LogP contribution in [0.4, 0.5) is 13.2 Å². The lowest BCUT2D eigenvalue weighted by molar-refractivity contribution is -0.138. The number of nitrogens with zero attached hydrogens (tertiary/aromatic N) is 1. The van der Waals surface area contributed by atoms with Gasteiger partial charge in [-0.3, -0.25) is 4.79 Å². The lowest BCUT2D eigenvalue weighted by Crippen LogP contribution is -2.32. The summed E-state index contributed by atoms with van der Waals surface area (Å²) in [6, 6.07) is 2.05. The maximum absolute atomic E-state index is 12.6. The standard InChI is InChI=1S/C10H9ClF3NO4S/c1-15(5-9(16)17)20(18,19)6-2-3-8(11)7(4-6)10(12,13)14/h2-4H,5H2,1H3,(H,16,17). The van der Waals surface area contributed by atoms with E-state index in [0.717, 1.165) is 19.2 Å². The number of alkyl halides is 3. The van der Waals surface area contributed by atoms with Gasteiger partial charge in [-0.15, -0.1) is 0 Å². The SMILES string of the molecule is CN(CC(=O)O)S(=O)(=O)c1ccc(Cl)c(C(F)(F)F)c1. The molecule has 1 aromatic carbocycles. The van der Waals surface area contributed by atoms with Gasteiger partial charge in [-0.05, 0) is 18.2 Å². The molecule has 0 amide bonds. The van der Waals surface area contributed by atoms with Crippen LogP contribution in [0.3, 0.4) is 0 Å². The molecule has 1 N–H and O–H groups in total. The first-order chi connectivity index (χ1) is 8.96. The molecule has 0 radical (unpaired) electrons. The van der Waals surface area contributed by atoms with Gasteiger partial charge in [0.15, 0.2) is 0 Å². The fourth-order valence-corrected chi connectivity index (χ4v) is 2.71. The van der Waals surface area contributed by atoms with E-state index in [1.807, 2.05) is 0 Å². The topological polar surface area (TPSA) is 74.7 Å². The molecular formula is C10H9ClF3NO4S. The zero-order chi connectivity index (χ0) is 15.7. The molecule has 0 bridgehead atoms. The Bertz CT molecular complexity index is 630. The minimum Gasteiger partial charge on any atom is -0.480 e. The predicted molar refractivity (Wildman–Crippen MR) is 63.9 cm³/mol. The second-order valence-electron chi connectivity index (χ2n) is 3.79. The van der Waals surface area contributed by atoms with Crippen molar-refractivity contribution in [2.24, 2.45) is 0 Å². The molecule has 0 aliphatic heterocycles. The van der Waals surface area contributed by atoms with E-state index < -0.39 is 44.2 Å². The van der Waals surface area contributed by atoms with Crippen LogP contribution in [0.25, 0.3) is 0 Å². The molecule has 0 unspecified atom stereocenters. The molecule has 1 aromatic rings. The molecule has 0 atom stereocenters. The van der Waals surface area contributed by atoms with Gasteiger partial charge >= 0.3 is 12.1 Å². The van der Waals surface area contributed by atoms with E-state index in [2.05, 4.69) is 0 Å². The number of carbonyl (C=O) groups is 1. The summed E-state index contributed by atoms with van der Waals surface area (Å²) in [6.45, 7) is -0.869. The van der Waals surface area contributed by atoms with E-state index in [-0.39, 0.29) is 0 Å². The number of sulfonamides is 1. The van der Waals surface area contributed by atoms with Crippen molar-refractivity contribution in [2.75, 3.05) is 13.6 Å². The van der Waals surface area contributed by atoms with Crippen molar-refractivity contribution in [1.29, 1.82) is 0 Å². The van der Waals surface area contributed by atoms with Gasteiger partial charge < -0.3 is 5.11 Å². The van der Waals surface area contributed by atoms with Crippen molar-refractivity contribution in [3.63, 3.8) is 0 Å². The highest BCUT2D eigenvalue weighted by atomic mass is 35.5. The van der Waals surface area contributed by atoms with Crippen LogP contribution < -0.4 is 0 Å². The zero-order valence-electron chi connectivity index (χ0n) is 9.98. The Hall–Kier alpha value is -1.32. The maximum Gasteiger partial charge on any atom is 0.417 e. The van der Waals surface area contributed by atoms with Crippen LogP contribution >= 0.6 is 11.6 Å². The summed E-state index contributed by atoms with van der Waals surface area (Å²) in [7, 11) is -3.39. The van der Waals surface area contributed by atoms with Crippen molar-refractivity contribution in [3.8, 4) is 0 Å². The normalized spacial score (nSPS) is 12.7. The Morgan fingerprint density at radius 2 is 1.95 bits per heavy atom. The van der Waals surface area contributed by atoms with E-state index in [0.29, 0.717) is 10.4 Å². The van der Waals surface area contributed by atoms with Crippen molar-refractivity contribution in [1.82, 2.24) is 4.31 Å². The first kappa shape index (κ1) is 16.7. The van der Waals surface area contributed by atoms with Crippen LogP contribution in [-0.4, -0.2) is 37.4 Å². The summed E-state index contributed by atoms with van der Waals surface area (Å²) < 4.78 is 62.2. The number of aliphatic carboxylic acids is 1. The number of hydrogen-bond donors (Lipinski definition) is 1. The third-order valence-corrected chi connectivity index (χ3v) is 4.44. The molecule has 20 heavy (non-hydrogen) atoms. The molecular weight excluding hydrogens is 323 g/mol. The molecule has 5 nitrogen and oxygen atoms in total. The molecule has 0 saturated heterocycles. The molecule has 0 aliphatic carbocycles. The van der Waals surface area contributed by atoms with Crippen LogP contribution in [0.15, 0.2) is 23.1 Å². The number of likely N-dealkylation sites (N-methyl/N-ethyl adjacent to an activating group) is 1. The van der Waals surface area contributed by atoms with E-state index in [4.69, 9.17) is 16.7 Å². The maximum atomic E-state index is 12.6. The third-order valence-electron chi connectivity index (χ3n) is 2.31. The van der Waals surface area contributed by atoms with Crippen molar-refractivity contribution < 1.29 is 31.5 Å². The van der Waals surface area contributed by atoms with Crippen molar-refractivity contribution in [2.45, 2.75) is 11.1 Å². The van der Waals surface area contributed by atoms with Gasteiger partial charge in [0, 0.05) is 7.05 Å². The number of benzene rings is 1. The number of rotatable bonds is 4. The average molecular weight is 332 g/mol. The Morgan fingerprint density at radius 3 is 2.40 bits per heavy atom. The second kappa shape index (κ2) is 5.58. The summed E-state index contributed by atoms with van der Waals surface area (Å²) in [5, 5.41) is 7.87. The van der Waals surface area contributed by atoms with Crippen molar-refractivity contribution >= 4 is 27.6 Å². The van der Waals surface area contributed by atoms with Gasteiger partial charge in [-0.2, -0.15) is 17.5 Å². The van der Waals surface area contributed by atoms with Crippen LogP contribution in [0.5, 0.6) is 0 Å². The van der Waals surface area contributed by atoms with Crippen LogP contribution in [0, 0.1) is 0 Å². The summed E-state index contributed by atoms with van der Waals surface area (Å²) in [5.41, 5.74) is -1.30. The first-order valence-electron chi connectivity index (χ1n) is 5.01. The molecule has 0 spiro atoms. The molecule has 0 fully saturated rings.